The molecule has 2 fully saturated rings. The third kappa shape index (κ3) is 8.19. The molecule has 1 aliphatic heterocycles. The van der Waals surface area contributed by atoms with Gasteiger partial charge in [-0.05, 0) is 43.9 Å². The first-order valence-corrected chi connectivity index (χ1v) is 10.9. The average Bonchev–Trinajstić information content (AvgIpc) is 3.56. The Morgan fingerprint density at radius 3 is 2.63 bits per heavy atom. The number of piperazine rings is 1. The molecule has 1 heterocycles. The van der Waals surface area contributed by atoms with Crippen molar-refractivity contribution in [2.75, 3.05) is 78.0 Å². The number of nitrogens with zero attached hydrogens (tertiary/aromatic N) is 4. The molecule has 0 atom stereocenters. The van der Waals surface area contributed by atoms with Gasteiger partial charge in [-0.15, -0.1) is 24.0 Å². The summed E-state index contributed by atoms with van der Waals surface area (Å²) in [4.78, 5) is 11.1. The Morgan fingerprint density at radius 2 is 1.97 bits per heavy atom. The number of likely N-dealkylation sites (N-methyl/N-ethyl adjacent to an activating group) is 1. The molecule has 30 heavy (non-hydrogen) atoms. The van der Waals surface area contributed by atoms with E-state index in [0.29, 0.717) is 0 Å². The lowest BCUT2D eigenvalue weighted by Gasteiger charge is -2.36. The van der Waals surface area contributed by atoms with Gasteiger partial charge >= 0.3 is 0 Å². The van der Waals surface area contributed by atoms with E-state index in [4.69, 9.17) is 4.74 Å². The molecule has 1 saturated heterocycles. The summed E-state index contributed by atoms with van der Waals surface area (Å²) < 4.78 is 19.7. The van der Waals surface area contributed by atoms with Crippen molar-refractivity contribution in [1.29, 1.82) is 0 Å². The first kappa shape index (κ1) is 25.1. The first-order chi connectivity index (χ1) is 14.2. The number of anilines is 1. The molecule has 1 N–H and O–H groups in total. The van der Waals surface area contributed by atoms with Crippen LogP contribution in [0.15, 0.2) is 29.3 Å². The van der Waals surface area contributed by atoms with Gasteiger partial charge in [0, 0.05) is 60.0 Å². The number of halogens is 2. The summed E-state index contributed by atoms with van der Waals surface area (Å²) >= 11 is 0. The smallest absolute Gasteiger partial charge is 0.193 e. The monoisotopic (exact) mass is 533 g/mol. The van der Waals surface area contributed by atoms with Crippen LogP contribution in [0.1, 0.15) is 19.3 Å². The highest BCUT2D eigenvalue weighted by atomic mass is 127. The van der Waals surface area contributed by atoms with Gasteiger partial charge in [-0.2, -0.15) is 0 Å². The van der Waals surface area contributed by atoms with E-state index in [1.54, 1.807) is 6.07 Å². The van der Waals surface area contributed by atoms with Crippen LogP contribution in [-0.4, -0.2) is 88.9 Å². The van der Waals surface area contributed by atoms with Crippen LogP contribution in [0.2, 0.25) is 0 Å². The Balaban J connectivity index is 0.00000320. The highest BCUT2D eigenvalue weighted by Gasteiger charge is 2.21. The molecular formula is C22H37FIN5O. The summed E-state index contributed by atoms with van der Waals surface area (Å²) in [7, 11) is 3.88. The summed E-state index contributed by atoms with van der Waals surface area (Å²) in [6.07, 6.45) is 3.72. The third-order valence-corrected chi connectivity index (χ3v) is 5.69. The van der Waals surface area contributed by atoms with Gasteiger partial charge in [0.2, 0.25) is 0 Å². The minimum atomic E-state index is -0.126. The second kappa shape index (κ2) is 13.3. The van der Waals surface area contributed by atoms with E-state index in [9.17, 15) is 4.39 Å². The number of guanidine groups is 1. The first-order valence-electron chi connectivity index (χ1n) is 10.9. The van der Waals surface area contributed by atoms with E-state index in [1.807, 2.05) is 19.2 Å². The normalized spacial score (nSPS) is 17.6. The van der Waals surface area contributed by atoms with Crippen LogP contribution in [0.25, 0.3) is 0 Å². The number of aliphatic imine (C=N–C) groups is 1. The van der Waals surface area contributed by atoms with E-state index in [2.05, 4.69) is 32.1 Å². The Kier molecular flexibility index (Phi) is 11.2. The average molecular weight is 533 g/mol. The molecule has 0 aromatic heterocycles. The quantitative estimate of drug-likeness (QED) is 0.217. The zero-order valence-corrected chi connectivity index (χ0v) is 20.7. The zero-order chi connectivity index (χ0) is 20.5. The molecule has 1 saturated carbocycles. The molecule has 8 heteroatoms. The molecule has 1 aromatic carbocycles. The molecule has 0 amide bonds. The molecule has 2 aliphatic rings. The zero-order valence-electron chi connectivity index (χ0n) is 18.4. The van der Waals surface area contributed by atoms with Crippen LogP contribution in [0.5, 0.6) is 0 Å². The third-order valence-electron chi connectivity index (χ3n) is 5.69. The number of ether oxygens (including phenoxy) is 1. The van der Waals surface area contributed by atoms with Gasteiger partial charge in [-0.3, -0.25) is 9.89 Å². The van der Waals surface area contributed by atoms with Crippen molar-refractivity contribution in [3.8, 4) is 0 Å². The van der Waals surface area contributed by atoms with Gasteiger partial charge in [0.25, 0.3) is 0 Å². The maximum Gasteiger partial charge on any atom is 0.193 e. The minimum absolute atomic E-state index is 0. The van der Waals surface area contributed by atoms with E-state index < -0.39 is 0 Å². The number of hydrogen-bond acceptors (Lipinski definition) is 4. The van der Waals surface area contributed by atoms with Crippen LogP contribution in [-0.2, 0) is 4.74 Å². The fourth-order valence-corrected chi connectivity index (χ4v) is 3.65. The molecule has 0 unspecified atom stereocenters. The molecule has 0 spiro atoms. The second-order valence-corrected chi connectivity index (χ2v) is 8.05. The number of benzene rings is 1. The molecule has 170 valence electrons. The van der Waals surface area contributed by atoms with Gasteiger partial charge in [0.15, 0.2) is 5.96 Å². The summed E-state index contributed by atoms with van der Waals surface area (Å²) in [6, 6.07) is 7.05. The van der Waals surface area contributed by atoms with Crippen molar-refractivity contribution < 1.29 is 9.13 Å². The van der Waals surface area contributed by atoms with Crippen LogP contribution in [0.4, 0.5) is 10.1 Å². The van der Waals surface area contributed by atoms with Gasteiger partial charge in [-0.1, -0.05) is 12.1 Å². The van der Waals surface area contributed by atoms with E-state index in [0.717, 1.165) is 83.0 Å². The Hall–Kier alpha value is -1.13. The molecule has 1 aromatic rings. The molecule has 3 rings (SSSR count). The number of para-hydroxylation sites is 1. The summed E-state index contributed by atoms with van der Waals surface area (Å²) in [5.41, 5.74) is 0.724. The fourth-order valence-electron chi connectivity index (χ4n) is 3.65. The van der Waals surface area contributed by atoms with Crippen molar-refractivity contribution in [1.82, 2.24) is 15.1 Å². The van der Waals surface area contributed by atoms with Crippen molar-refractivity contribution in [2.45, 2.75) is 19.3 Å². The van der Waals surface area contributed by atoms with Crippen LogP contribution in [0.3, 0.4) is 0 Å². The molecule has 0 radical (unpaired) electrons. The van der Waals surface area contributed by atoms with Crippen molar-refractivity contribution in [3.05, 3.63) is 30.1 Å². The van der Waals surface area contributed by atoms with E-state index in [-0.39, 0.29) is 29.8 Å². The predicted molar refractivity (Wildman–Crippen MR) is 133 cm³/mol. The predicted octanol–water partition coefficient (Wildman–Crippen LogP) is 2.89. The van der Waals surface area contributed by atoms with Gasteiger partial charge in [-0.25, -0.2) is 4.39 Å². The van der Waals surface area contributed by atoms with Crippen LogP contribution >= 0.6 is 24.0 Å². The number of nitrogens with one attached hydrogen (secondary N) is 1. The number of rotatable bonds is 10. The molecular weight excluding hydrogens is 496 g/mol. The maximum absolute atomic E-state index is 13.9. The van der Waals surface area contributed by atoms with E-state index >= 15 is 0 Å². The molecule has 6 nitrogen and oxygen atoms in total. The van der Waals surface area contributed by atoms with Crippen molar-refractivity contribution >= 4 is 35.6 Å². The van der Waals surface area contributed by atoms with Crippen LogP contribution in [0, 0.1) is 11.7 Å². The van der Waals surface area contributed by atoms with Crippen molar-refractivity contribution in [3.63, 3.8) is 0 Å². The lowest BCUT2D eigenvalue weighted by Crippen LogP contribution is -2.47. The molecule has 1 aliphatic carbocycles. The lowest BCUT2D eigenvalue weighted by molar-refractivity contribution is 0.115. The SMILES string of the molecule is CN=C(NCCCN1CCN(c2ccccc2F)CC1)N(C)CCOCC1CC1.I. The largest absolute Gasteiger partial charge is 0.379 e. The standard InChI is InChI=1S/C22H36FN5O.HI/c1-24-22(26(2)16-17-29-18-19-8-9-19)25-10-5-11-27-12-14-28(15-13-27)21-7-4-3-6-20(21)23;/h3-4,6-7,19H,5,8-18H2,1-2H3,(H,24,25);1H. The summed E-state index contributed by atoms with van der Waals surface area (Å²) in [5.74, 6) is 1.61. The Bertz CT molecular complexity index is 650. The highest BCUT2D eigenvalue weighted by molar-refractivity contribution is 14.0. The van der Waals surface area contributed by atoms with Crippen molar-refractivity contribution in [2.24, 2.45) is 10.9 Å². The van der Waals surface area contributed by atoms with Crippen LogP contribution < -0.4 is 10.2 Å². The van der Waals surface area contributed by atoms with E-state index in [1.165, 1.54) is 18.9 Å². The van der Waals surface area contributed by atoms with Gasteiger partial charge in [0.05, 0.1) is 12.3 Å². The minimum Gasteiger partial charge on any atom is -0.379 e. The highest BCUT2D eigenvalue weighted by Crippen LogP contribution is 2.28. The molecule has 0 bridgehead atoms. The Labute approximate surface area is 197 Å². The fraction of sp³-hybridized carbons (Fsp3) is 0.682. The Morgan fingerprint density at radius 1 is 1.23 bits per heavy atom. The topological polar surface area (TPSA) is 43.3 Å². The summed E-state index contributed by atoms with van der Waals surface area (Å²) in [6.45, 7) is 8.15. The maximum atomic E-state index is 13.9. The van der Waals surface area contributed by atoms with Gasteiger partial charge < -0.3 is 19.9 Å². The van der Waals surface area contributed by atoms with Gasteiger partial charge in [0.1, 0.15) is 5.82 Å². The second-order valence-electron chi connectivity index (χ2n) is 8.05. The lowest BCUT2D eigenvalue weighted by atomic mass is 10.2. The number of hydrogen-bond donors (Lipinski definition) is 1. The summed E-state index contributed by atoms with van der Waals surface area (Å²) in [5, 5.41) is 3.45.